The summed E-state index contributed by atoms with van der Waals surface area (Å²) in [6, 6.07) is 6.55. The highest BCUT2D eigenvalue weighted by Gasteiger charge is 2.24. The van der Waals surface area contributed by atoms with Crippen molar-refractivity contribution >= 4 is 30.1 Å². The summed E-state index contributed by atoms with van der Waals surface area (Å²) in [7, 11) is 1.50. The topological polar surface area (TPSA) is 123 Å². The van der Waals surface area contributed by atoms with Crippen LogP contribution >= 0.6 is 12.4 Å². The van der Waals surface area contributed by atoms with Crippen LogP contribution in [0.25, 0.3) is 0 Å². The van der Waals surface area contributed by atoms with E-state index in [0.717, 1.165) is 6.08 Å². The van der Waals surface area contributed by atoms with Gasteiger partial charge in [-0.25, -0.2) is 10.9 Å². The number of nitrogens with one attached hydrogen (secondary N) is 1. The van der Waals surface area contributed by atoms with Crippen molar-refractivity contribution in [1.82, 2.24) is 10.4 Å². The molecule has 9 heteroatoms. The van der Waals surface area contributed by atoms with Crippen LogP contribution in [0.5, 0.6) is 5.75 Å². The number of methoxy groups -OCH3 is 1. The highest BCUT2D eigenvalue weighted by atomic mass is 35.5. The maximum atomic E-state index is 12.1. The number of nitrogens with two attached hydrogens (primary N) is 2. The van der Waals surface area contributed by atoms with Crippen LogP contribution in [0.15, 0.2) is 41.1 Å². The molecule has 0 saturated heterocycles. The lowest BCUT2D eigenvalue weighted by Gasteiger charge is -2.21. The van der Waals surface area contributed by atoms with E-state index >= 15 is 0 Å². The first-order chi connectivity index (χ1) is 9.52. The van der Waals surface area contributed by atoms with E-state index in [0.29, 0.717) is 16.3 Å². The Kier molecular flexibility index (Phi) is 5.28. The molecular formula is C12H14ClN5O3. The molecule has 0 spiro atoms. The van der Waals surface area contributed by atoms with Gasteiger partial charge in [-0.15, -0.1) is 17.5 Å². The van der Waals surface area contributed by atoms with Crippen molar-refractivity contribution in [3.05, 3.63) is 41.6 Å². The van der Waals surface area contributed by atoms with Gasteiger partial charge in [-0.2, -0.15) is 0 Å². The van der Waals surface area contributed by atoms with Crippen LogP contribution < -0.4 is 21.7 Å². The van der Waals surface area contributed by atoms with Gasteiger partial charge in [-0.1, -0.05) is 12.1 Å². The molecule has 5 N–H and O–H groups in total. The standard InChI is InChI=1S/C12H13N5O3.ClH/c1-20-8-4-2-3-7(5-8)10(18)6-9-11(19)17(14)12(13)16-15-9;/h2-6,15H,14H2,1H3,(H2,13,16);1H. The van der Waals surface area contributed by atoms with Gasteiger partial charge in [-0.3, -0.25) is 15.0 Å². The lowest BCUT2D eigenvalue weighted by Crippen LogP contribution is -2.53. The number of hydrazone groups is 1. The van der Waals surface area contributed by atoms with Crippen LogP contribution in [0, 0.1) is 0 Å². The highest BCUT2D eigenvalue weighted by Crippen LogP contribution is 2.14. The number of ether oxygens (including phenoxy) is 1. The van der Waals surface area contributed by atoms with Crippen molar-refractivity contribution in [3.63, 3.8) is 0 Å². The van der Waals surface area contributed by atoms with E-state index < -0.39 is 5.91 Å². The Hall–Kier alpha value is -2.58. The summed E-state index contributed by atoms with van der Waals surface area (Å²) >= 11 is 0. The largest absolute Gasteiger partial charge is 0.497 e. The van der Waals surface area contributed by atoms with Gasteiger partial charge < -0.3 is 10.5 Å². The Bertz CT molecular complexity index is 629. The van der Waals surface area contributed by atoms with Gasteiger partial charge >= 0.3 is 0 Å². The van der Waals surface area contributed by atoms with E-state index in [1.165, 1.54) is 7.11 Å². The monoisotopic (exact) mass is 311 g/mol. The fourth-order valence-corrected chi connectivity index (χ4v) is 1.54. The van der Waals surface area contributed by atoms with E-state index in [1.54, 1.807) is 24.3 Å². The first-order valence-corrected chi connectivity index (χ1v) is 5.61. The SMILES string of the molecule is COc1cccc(C(=O)C=C2NN=C(N)N(N)C2=O)c1.Cl. The molecule has 0 fully saturated rings. The molecule has 0 aromatic heterocycles. The fourth-order valence-electron chi connectivity index (χ4n) is 1.54. The molecule has 1 aromatic rings. The predicted octanol–water partition coefficient (Wildman–Crippen LogP) is -0.281. The number of nitrogens with zero attached hydrogens (tertiary/aromatic N) is 2. The van der Waals surface area contributed by atoms with Crippen LogP contribution in [0.1, 0.15) is 10.4 Å². The summed E-state index contributed by atoms with van der Waals surface area (Å²) in [5.74, 6) is 4.72. The lowest BCUT2D eigenvalue weighted by molar-refractivity contribution is -0.124. The number of halogens is 1. The van der Waals surface area contributed by atoms with Crippen molar-refractivity contribution in [1.29, 1.82) is 0 Å². The molecule has 2 rings (SSSR count). The predicted molar refractivity (Wildman–Crippen MR) is 78.4 cm³/mol. The molecule has 1 aliphatic rings. The van der Waals surface area contributed by atoms with Crippen molar-refractivity contribution in [2.24, 2.45) is 16.7 Å². The smallest absolute Gasteiger partial charge is 0.293 e. The number of hydrazine groups is 1. The average Bonchev–Trinajstić information content (AvgIpc) is 2.48. The summed E-state index contributed by atoms with van der Waals surface area (Å²) in [6.07, 6.45) is 1.10. The Labute approximate surface area is 126 Å². The number of hydrogen-bond acceptors (Lipinski definition) is 7. The first kappa shape index (κ1) is 16.5. The molecule has 0 bridgehead atoms. The van der Waals surface area contributed by atoms with Crippen molar-refractivity contribution in [2.75, 3.05) is 7.11 Å². The number of carbonyl (C=O) groups excluding carboxylic acids is 2. The van der Waals surface area contributed by atoms with Gasteiger partial charge in [0.15, 0.2) is 5.78 Å². The molecule has 1 aliphatic heterocycles. The minimum Gasteiger partial charge on any atom is -0.497 e. The Morgan fingerprint density at radius 1 is 1.48 bits per heavy atom. The zero-order valence-corrected chi connectivity index (χ0v) is 11.9. The van der Waals surface area contributed by atoms with Gasteiger partial charge in [-0.05, 0) is 12.1 Å². The zero-order chi connectivity index (χ0) is 14.7. The molecule has 0 unspecified atom stereocenters. The minimum atomic E-state index is -0.645. The van der Waals surface area contributed by atoms with Crippen molar-refractivity contribution in [3.8, 4) is 5.75 Å². The van der Waals surface area contributed by atoms with E-state index in [2.05, 4.69) is 10.5 Å². The number of allylic oxidation sites excluding steroid dienone is 1. The van der Waals surface area contributed by atoms with Gasteiger partial charge in [0.25, 0.3) is 5.91 Å². The van der Waals surface area contributed by atoms with E-state index in [-0.39, 0.29) is 29.8 Å². The molecule has 0 radical (unpaired) electrons. The molecule has 112 valence electrons. The third-order valence-corrected chi connectivity index (χ3v) is 2.62. The molecule has 1 heterocycles. The Morgan fingerprint density at radius 3 is 2.86 bits per heavy atom. The lowest BCUT2D eigenvalue weighted by atomic mass is 10.1. The highest BCUT2D eigenvalue weighted by molar-refractivity contribution is 6.12. The molecule has 21 heavy (non-hydrogen) atoms. The third kappa shape index (κ3) is 3.50. The normalized spacial score (nSPS) is 15.9. The summed E-state index contributed by atoms with van der Waals surface area (Å²) in [5.41, 5.74) is 8.04. The van der Waals surface area contributed by atoms with Gasteiger partial charge in [0, 0.05) is 11.6 Å². The first-order valence-electron chi connectivity index (χ1n) is 5.61. The molecule has 0 aliphatic carbocycles. The van der Waals surface area contributed by atoms with E-state index in [4.69, 9.17) is 16.3 Å². The number of ketones is 1. The van der Waals surface area contributed by atoms with Gasteiger partial charge in [0.05, 0.1) is 7.11 Å². The number of hydrogen-bond donors (Lipinski definition) is 3. The molecule has 8 nitrogen and oxygen atoms in total. The molecule has 0 atom stereocenters. The van der Waals surface area contributed by atoms with Crippen LogP contribution in [-0.2, 0) is 4.79 Å². The summed E-state index contributed by atoms with van der Waals surface area (Å²) in [4.78, 5) is 23.8. The second kappa shape index (κ2) is 6.73. The molecule has 0 saturated carbocycles. The van der Waals surface area contributed by atoms with E-state index in [1.807, 2.05) is 0 Å². The van der Waals surface area contributed by atoms with Crippen LogP contribution in [0.2, 0.25) is 0 Å². The summed E-state index contributed by atoms with van der Waals surface area (Å²) in [5, 5.41) is 4.26. The molecule has 1 aromatic carbocycles. The average molecular weight is 312 g/mol. The second-order valence-corrected chi connectivity index (χ2v) is 3.91. The molecule has 1 amide bonds. The van der Waals surface area contributed by atoms with Gasteiger partial charge in [0.1, 0.15) is 11.4 Å². The minimum absolute atomic E-state index is 0. The Morgan fingerprint density at radius 2 is 2.19 bits per heavy atom. The van der Waals surface area contributed by atoms with Crippen LogP contribution in [0.4, 0.5) is 0 Å². The van der Waals surface area contributed by atoms with Crippen molar-refractivity contribution < 1.29 is 14.3 Å². The quantitative estimate of drug-likeness (QED) is 0.305. The number of carbonyl (C=O) groups is 2. The fraction of sp³-hybridized carbons (Fsp3) is 0.0833. The maximum absolute atomic E-state index is 12.1. The maximum Gasteiger partial charge on any atom is 0.293 e. The zero-order valence-electron chi connectivity index (χ0n) is 11.1. The third-order valence-electron chi connectivity index (χ3n) is 2.62. The molecular weight excluding hydrogens is 298 g/mol. The number of amides is 1. The van der Waals surface area contributed by atoms with Crippen LogP contribution in [0.3, 0.4) is 0 Å². The number of benzene rings is 1. The Balaban J connectivity index is 0.00000220. The van der Waals surface area contributed by atoms with Gasteiger partial charge in [0.2, 0.25) is 5.96 Å². The summed E-state index contributed by atoms with van der Waals surface area (Å²) < 4.78 is 5.03. The number of rotatable bonds is 3. The van der Waals surface area contributed by atoms with Crippen LogP contribution in [-0.4, -0.2) is 29.8 Å². The second-order valence-electron chi connectivity index (χ2n) is 3.91. The van der Waals surface area contributed by atoms with E-state index in [9.17, 15) is 9.59 Å². The van der Waals surface area contributed by atoms with Crippen molar-refractivity contribution in [2.45, 2.75) is 0 Å². The number of guanidine groups is 1. The summed E-state index contributed by atoms with van der Waals surface area (Å²) in [6.45, 7) is 0.